The average molecular weight is 410 g/mol. The van der Waals surface area contributed by atoms with Crippen molar-refractivity contribution in [3.63, 3.8) is 0 Å². The first-order chi connectivity index (χ1) is 12.9. The SMILES string of the molecule is O=C(O)C1CCN(S(=O)(=O)NCCCN2CCCCC2CO)CC1.O=CO. The normalized spacial score (nSPS) is 22.6. The molecule has 0 aliphatic carbocycles. The number of nitrogens with one attached hydrogen (secondary N) is 1. The lowest BCUT2D eigenvalue weighted by Crippen LogP contribution is -2.47. The number of rotatable bonds is 8. The van der Waals surface area contributed by atoms with Crippen molar-refractivity contribution in [3.05, 3.63) is 0 Å². The molecular weight excluding hydrogens is 378 g/mol. The van der Waals surface area contributed by atoms with Crippen LogP contribution in [0, 0.1) is 5.92 Å². The first-order valence-corrected chi connectivity index (χ1v) is 10.7. The molecule has 2 aliphatic rings. The van der Waals surface area contributed by atoms with E-state index in [1.54, 1.807) is 0 Å². The van der Waals surface area contributed by atoms with Gasteiger partial charge in [0.2, 0.25) is 0 Å². The highest BCUT2D eigenvalue weighted by atomic mass is 32.2. The van der Waals surface area contributed by atoms with Crippen LogP contribution in [-0.2, 0) is 19.8 Å². The molecule has 1 atom stereocenters. The summed E-state index contributed by atoms with van der Waals surface area (Å²) in [4.78, 5) is 21.5. The average Bonchev–Trinajstić information content (AvgIpc) is 2.66. The van der Waals surface area contributed by atoms with Crippen molar-refractivity contribution < 1.29 is 33.3 Å². The van der Waals surface area contributed by atoms with Crippen LogP contribution in [-0.4, -0.2) is 90.8 Å². The van der Waals surface area contributed by atoms with Gasteiger partial charge in [0.05, 0.1) is 12.5 Å². The van der Waals surface area contributed by atoms with Gasteiger partial charge in [-0.2, -0.15) is 12.7 Å². The number of hydrogen-bond donors (Lipinski definition) is 4. The summed E-state index contributed by atoms with van der Waals surface area (Å²) in [6.07, 6.45) is 4.69. The third kappa shape index (κ3) is 8.09. The third-order valence-corrected chi connectivity index (χ3v) is 6.62. The number of carbonyl (C=O) groups is 2. The summed E-state index contributed by atoms with van der Waals surface area (Å²) in [5.41, 5.74) is 0. The molecule has 0 radical (unpaired) electrons. The Labute approximate surface area is 160 Å². The number of carboxylic acid groups (broad SMARTS) is 2. The van der Waals surface area contributed by atoms with Crippen molar-refractivity contribution in [1.29, 1.82) is 0 Å². The van der Waals surface area contributed by atoms with E-state index in [9.17, 15) is 18.3 Å². The summed E-state index contributed by atoms with van der Waals surface area (Å²) in [7, 11) is -3.53. The maximum Gasteiger partial charge on any atom is 0.306 e. The van der Waals surface area contributed by atoms with Gasteiger partial charge < -0.3 is 15.3 Å². The number of aliphatic hydroxyl groups is 1. The van der Waals surface area contributed by atoms with Gasteiger partial charge in [-0.1, -0.05) is 6.42 Å². The molecule has 10 nitrogen and oxygen atoms in total. The number of likely N-dealkylation sites (tertiary alicyclic amines) is 1. The standard InChI is InChI=1S/C15H29N3O5S.CH2O2/c19-12-14-4-1-2-8-17(14)9-3-7-16-24(22,23)18-10-5-13(6-11-18)15(20)21;2-1-3/h13-14,16,19H,1-12H2,(H,20,21);1H,(H,2,3). The quantitative estimate of drug-likeness (QED) is 0.311. The molecular formula is C16H31N3O7S. The molecule has 0 aromatic heterocycles. The molecule has 0 aromatic carbocycles. The third-order valence-electron chi connectivity index (χ3n) is 5.01. The van der Waals surface area contributed by atoms with Crippen LogP contribution in [0.25, 0.3) is 0 Å². The van der Waals surface area contributed by atoms with Gasteiger partial charge >= 0.3 is 5.97 Å². The fourth-order valence-electron chi connectivity index (χ4n) is 3.48. The van der Waals surface area contributed by atoms with Gasteiger partial charge in [-0.15, -0.1) is 0 Å². The molecule has 0 aromatic rings. The van der Waals surface area contributed by atoms with Gasteiger partial charge in [0.15, 0.2) is 0 Å². The van der Waals surface area contributed by atoms with Gasteiger partial charge in [0, 0.05) is 25.7 Å². The van der Waals surface area contributed by atoms with Crippen molar-refractivity contribution in [3.8, 4) is 0 Å². The molecule has 27 heavy (non-hydrogen) atoms. The lowest BCUT2D eigenvalue weighted by atomic mass is 9.99. The molecule has 158 valence electrons. The zero-order valence-electron chi connectivity index (χ0n) is 15.5. The molecule has 1 unspecified atom stereocenters. The lowest BCUT2D eigenvalue weighted by molar-refractivity contribution is -0.143. The van der Waals surface area contributed by atoms with E-state index in [4.69, 9.17) is 15.0 Å². The van der Waals surface area contributed by atoms with Gasteiger partial charge in [-0.3, -0.25) is 14.5 Å². The van der Waals surface area contributed by atoms with Gasteiger partial charge in [-0.25, -0.2) is 4.72 Å². The molecule has 11 heteroatoms. The van der Waals surface area contributed by atoms with Crippen molar-refractivity contribution in [1.82, 2.24) is 13.9 Å². The van der Waals surface area contributed by atoms with E-state index in [2.05, 4.69) is 9.62 Å². The van der Waals surface area contributed by atoms with E-state index in [-0.39, 0.29) is 32.2 Å². The van der Waals surface area contributed by atoms with Crippen molar-refractivity contribution in [2.24, 2.45) is 5.92 Å². The lowest BCUT2D eigenvalue weighted by Gasteiger charge is -2.34. The van der Waals surface area contributed by atoms with Crippen LogP contribution in [0.4, 0.5) is 0 Å². The van der Waals surface area contributed by atoms with E-state index >= 15 is 0 Å². The molecule has 0 amide bonds. The fourth-order valence-corrected chi connectivity index (χ4v) is 4.76. The summed E-state index contributed by atoms with van der Waals surface area (Å²) < 4.78 is 28.4. The van der Waals surface area contributed by atoms with Gasteiger partial charge in [0.1, 0.15) is 0 Å². The van der Waals surface area contributed by atoms with Crippen LogP contribution >= 0.6 is 0 Å². The van der Waals surface area contributed by atoms with Gasteiger partial charge in [-0.05, 0) is 45.2 Å². The van der Waals surface area contributed by atoms with E-state index < -0.39 is 22.1 Å². The minimum absolute atomic E-state index is 0.157. The molecule has 2 fully saturated rings. The van der Waals surface area contributed by atoms with E-state index in [1.807, 2.05) is 0 Å². The second-order valence-electron chi connectivity index (χ2n) is 6.74. The zero-order valence-corrected chi connectivity index (χ0v) is 16.3. The Morgan fingerprint density at radius 3 is 2.33 bits per heavy atom. The second-order valence-corrected chi connectivity index (χ2v) is 8.49. The number of aliphatic carboxylic acids is 1. The molecule has 2 heterocycles. The fraction of sp³-hybridized carbons (Fsp3) is 0.875. The van der Waals surface area contributed by atoms with Crippen LogP contribution in [0.3, 0.4) is 0 Å². The molecule has 2 aliphatic heterocycles. The Balaban J connectivity index is 0.00000114. The minimum Gasteiger partial charge on any atom is -0.483 e. The van der Waals surface area contributed by atoms with Crippen LogP contribution < -0.4 is 4.72 Å². The molecule has 2 saturated heterocycles. The van der Waals surface area contributed by atoms with Crippen molar-refractivity contribution >= 4 is 22.7 Å². The Morgan fingerprint density at radius 2 is 1.78 bits per heavy atom. The summed E-state index contributed by atoms with van der Waals surface area (Å²) in [6, 6.07) is 0.199. The van der Waals surface area contributed by atoms with Crippen LogP contribution in [0.1, 0.15) is 38.5 Å². The van der Waals surface area contributed by atoms with Crippen LogP contribution in [0.5, 0.6) is 0 Å². The number of nitrogens with zero attached hydrogens (tertiary/aromatic N) is 2. The second kappa shape index (κ2) is 12.2. The number of hydrogen-bond acceptors (Lipinski definition) is 6. The smallest absolute Gasteiger partial charge is 0.306 e. The van der Waals surface area contributed by atoms with E-state index in [0.29, 0.717) is 25.8 Å². The number of aliphatic hydroxyl groups excluding tert-OH is 1. The Morgan fingerprint density at radius 1 is 1.15 bits per heavy atom. The predicted molar refractivity (Wildman–Crippen MR) is 98.5 cm³/mol. The molecule has 4 N–H and O–H groups in total. The van der Waals surface area contributed by atoms with E-state index in [0.717, 1.165) is 32.4 Å². The van der Waals surface area contributed by atoms with Crippen molar-refractivity contribution in [2.75, 3.05) is 39.3 Å². The van der Waals surface area contributed by atoms with Crippen molar-refractivity contribution in [2.45, 2.75) is 44.6 Å². The maximum atomic E-state index is 12.2. The summed E-state index contributed by atoms with van der Waals surface area (Å²) in [5, 5.41) is 25.2. The minimum atomic E-state index is -3.53. The largest absolute Gasteiger partial charge is 0.483 e. The summed E-state index contributed by atoms with van der Waals surface area (Å²) in [5.74, 6) is -1.29. The van der Waals surface area contributed by atoms with Crippen LogP contribution in [0.15, 0.2) is 0 Å². The Kier molecular flexibility index (Phi) is 10.8. The molecule has 2 rings (SSSR count). The number of piperidine rings is 2. The monoisotopic (exact) mass is 409 g/mol. The first-order valence-electron chi connectivity index (χ1n) is 9.26. The summed E-state index contributed by atoms with van der Waals surface area (Å²) in [6.45, 7) is 2.51. The zero-order chi connectivity index (χ0) is 20.3. The highest BCUT2D eigenvalue weighted by Gasteiger charge is 2.30. The maximum absolute atomic E-state index is 12.2. The van der Waals surface area contributed by atoms with E-state index in [1.165, 1.54) is 4.31 Å². The Bertz CT molecular complexity index is 550. The molecule has 0 spiro atoms. The molecule has 0 saturated carbocycles. The van der Waals surface area contributed by atoms with Gasteiger partial charge in [0.25, 0.3) is 16.7 Å². The highest BCUT2D eigenvalue weighted by molar-refractivity contribution is 7.87. The molecule has 0 bridgehead atoms. The number of carboxylic acids is 1. The predicted octanol–water partition coefficient (Wildman–Crippen LogP) is -0.445. The summed E-state index contributed by atoms with van der Waals surface area (Å²) >= 11 is 0. The van der Waals surface area contributed by atoms with Crippen LogP contribution in [0.2, 0.25) is 0 Å². The Hall–Kier alpha value is -1.27. The topological polar surface area (TPSA) is 147 Å². The first kappa shape index (κ1) is 23.8. The highest BCUT2D eigenvalue weighted by Crippen LogP contribution is 2.19.